The fraction of sp³-hybridized carbons (Fsp3) is 0.333. The van der Waals surface area contributed by atoms with Crippen LogP contribution in [0.1, 0.15) is 34.3 Å². The molecule has 174 valence electrons. The molecule has 0 saturated carbocycles. The molecule has 1 fully saturated rings. The smallest absolute Gasteiger partial charge is 0.416 e. The highest BCUT2D eigenvalue weighted by molar-refractivity contribution is 6.32. The average molecular weight is 480 g/mol. The third-order valence-electron chi connectivity index (χ3n) is 5.73. The normalized spacial score (nSPS) is 16.8. The number of nitrogens with zero attached hydrogens (tertiary/aromatic N) is 1. The molecule has 0 bridgehead atoms. The molecule has 0 atom stereocenters. The molecule has 33 heavy (non-hydrogen) atoms. The maximum Gasteiger partial charge on any atom is 0.416 e. The summed E-state index contributed by atoms with van der Waals surface area (Å²) in [5, 5.41) is 0.121. The Labute approximate surface area is 193 Å². The SMILES string of the molecule is O=C(c1ccc2c(c1)OCCO2)C1CCN(C(=O)/C=C/c2cc(C(F)(F)F)ccc2Cl)CC1. The van der Waals surface area contributed by atoms with Crippen LogP contribution in [0.3, 0.4) is 0 Å². The number of carbonyl (C=O) groups is 2. The summed E-state index contributed by atoms with van der Waals surface area (Å²) in [6.07, 6.45) is -1.01. The summed E-state index contributed by atoms with van der Waals surface area (Å²) in [6, 6.07) is 8.09. The maximum absolute atomic E-state index is 12.9. The summed E-state index contributed by atoms with van der Waals surface area (Å²) >= 11 is 5.97. The van der Waals surface area contributed by atoms with Crippen LogP contribution in [-0.2, 0) is 11.0 Å². The van der Waals surface area contributed by atoms with Gasteiger partial charge in [-0.2, -0.15) is 13.2 Å². The minimum atomic E-state index is -4.50. The van der Waals surface area contributed by atoms with Crippen molar-refractivity contribution >= 4 is 29.4 Å². The molecular formula is C24H21ClF3NO4. The Morgan fingerprint density at radius 2 is 1.70 bits per heavy atom. The van der Waals surface area contributed by atoms with Crippen LogP contribution in [0, 0.1) is 5.92 Å². The van der Waals surface area contributed by atoms with E-state index < -0.39 is 11.7 Å². The lowest BCUT2D eigenvalue weighted by Crippen LogP contribution is -2.39. The second kappa shape index (κ2) is 9.47. The second-order valence-corrected chi connectivity index (χ2v) is 8.30. The lowest BCUT2D eigenvalue weighted by molar-refractivity contribution is -0.137. The molecule has 2 aliphatic heterocycles. The molecule has 1 saturated heterocycles. The fourth-order valence-corrected chi connectivity index (χ4v) is 4.09. The number of ketones is 1. The zero-order valence-corrected chi connectivity index (χ0v) is 18.3. The van der Waals surface area contributed by atoms with Gasteiger partial charge in [0.2, 0.25) is 5.91 Å². The molecular weight excluding hydrogens is 459 g/mol. The molecule has 0 unspecified atom stereocenters. The zero-order valence-electron chi connectivity index (χ0n) is 17.5. The van der Waals surface area contributed by atoms with Gasteiger partial charge in [-0.15, -0.1) is 0 Å². The van der Waals surface area contributed by atoms with E-state index in [0.29, 0.717) is 56.2 Å². The van der Waals surface area contributed by atoms with Crippen LogP contribution in [0.5, 0.6) is 11.5 Å². The van der Waals surface area contributed by atoms with Crippen LogP contribution < -0.4 is 9.47 Å². The average Bonchev–Trinajstić information content (AvgIpc) is 2.82. The molecule has 1 amide bonds. The van der Waals surface area contributed by atoms with Crippen LogP contribution in [0.15, 0.2) is 42.5 Å². The first-order valence-electron chi connectivity index (χ1n) is 10.5. The maximum atomic E-state index is 12.9. The number of Topliss-reactive ketones (excluding diaryl/α,β-unsaturated/α-hetero) is 1. The molecule has 0 spiro atoms. The van der Waals surface area contributed by atoms with E-state index in [1.807, 2.05) is 0 Å². The van der Waals surface area contributed by atoms with Crippen molar-refractivity contribution in [2.45, 2.75) is 19.0 Å². The van der Waals surface area contributed by atoms with Gasteiger partial charge in [0.25, 0.3) is 0 Å². The summed E-state index contributed by atoms with van der Waals surface area (Å²) in [7, 11) is 0. The van der Waals surface area contributed by atoms with Crippen LogP contribution in [0.4, 0.5) is 13.2 Å². The molecule has 2 heterocycles. The summed E-state index contributed by atoms with van der Waals surface area (Å²) in [5.41, 5.74) is -0.177. The minimum Gasteiger partial charge on any atom is -0.486 e. The number of carbonyl (C=O) groups excluding carboxylic acids is 2. The fourth-order valence-electron chi connectivity index (χ4n) is 3.91. The standard InChI is InChI=1S/C24H21ClF3NO4/c25-19-4-3-18(24(26,27)28)13-16(19)2-6-22(30)29-9-7-15(8-10-29)23(31)17-1-5-20-21(14-17)33-12-11-32-20/h1-6,13-15H,7-12H2/b6-2+. The van der Waals surface area contributed by atoms with E-state index in [1.54, 1.807) is 23.1 Å². The van der Waals surface area contributed by atoms with Crippen molar-refractivity contribution in [3.8, 4) is 11.5 Å². The van der Waals surface area contributed by atoms with Crippen molar-refractivity contribution in [2.24, 2.45) is 5.92 Å². The van der Waals surface area contributed by atoms with Crippen molar-refractivity contribution in [3.63, 3.8) is 0 Å². The Balaban J connectivity index is 1.36. The van der Waals surface area contributed by atoms with E-state index in [9.17, 15) is 22.8 Å². The molecule has 0 aromatic heterocycles. The predicted octanol–water partition coefficient (Wildman–Crippen LogP) is 5.26. The number of ether oxygens (including phenoxy) is 2. The van der Waals surface area contributed by atoms with Gasteiger partial charge in [0.1, 0.15) is 13.2 Å². The van der Waals surface area contributed by atoms with Gasteiger partial charge in [-0.05, 0) is 60.9 Å². The Hall–Kier alpha value is -3.00. The molecule has 0 aliphatic carbocycles. The molecule has 2 aromatic rings. The molecule has 2 aliphatic rings. The van der Waals surface area contributed by atoms with E-state index in [2.05, 4.69) is 0 Å². The first kappa shape index (κ1) is 23.2. The van der Waals surface area contributed by atoms with Crippen LogP contribution in [-0.4, -0.2) is 42.9 Å². The molecule has 0 N–H and O–H groups in total. The van der Waals surface area contributed by atoms with Gasteiger partial charge in [-0.3, -0.25) is 9.59 Å². The molecule has 2 aromatic carbocycles. The van der Waals surface area contributed by atoms with E-state index in [4.69, 9.17) is 21.1 Å². The highest BCUT2D eigenvalue weighted by Crippen LogP contribution is 2.33. The van der Waals surface area contributed by atoms with Gasteiger partial charge in [-0.25, -0.2) is 0 Å². The zero-order chi connectivity index (χ0) is 23.6. The molecule has 4 rings (SSSR count). The Morgan fingerprint density at radius 1 is 1.00 bits per heavy atom. The number of benzene rings is 2. The van der Waals surface area contributed by atoms with Crippen molar-refractivity contribution in [3.05, 3.63) is 64.2 Å². The van der Waals surface area contributed by atoms with Gasteiger partial charge < -0.3 is 14.4 Å². The Morgan fingerprint density at radius 3 is 2.39 bits per heavy atom. The monoisotopic (exact) mass is 479 g/mol. The topological polar surface area (TPSA) is 55.8 Å². The third-order valence-corrected chi connectivity index (χ3v) is 6.08. The first-order valence-corrected chi connectivity index (χ1v) is 10.9. The third kappa shape index (κ3) is 5.33. The minimum absolute atomic E-state index is 0.00892. The van der Waals surface area contributed by atoms with E-state index in [0.717, 1.165) is 18.2 Å². The summed E-state index contributed by atoms with van der Waals surface area (Å²) in [6.45, 7) is 1.66. The number of likely N-dealkylation sites (tertiary alicyclic amines) is 1. The van der Waals surface area contributed by atoms with Crippen molar-refractivity contribution in [1.82, 2.24) is 4.90 Å². The molecule has 9 heteroatoms. The largest absolute Gasteiger partial charge is 0.486 e. The quantitative estimate of drug-likeness (QED) is 0.443. The Kier molecular flexibility index (Phi) is 6.65. The lowest BCUT2D eigenvalue weighted by atomic mass is 9.88. The number of halogens is 4. The van der Waals surface area contributed by atoms with Gasteiger partial charge in [0.05, 0.1) is 5.56 Å². The van der Waals surface area contributed by atoms with Crippen LogP contribution in [0.25, 0.3) is 6.08 Å². The number of hydrogen-bond acceptors (Lipinski definition) is 4. The number of fused-ring (bicyclic) bond motifs is 1. The van der Waals surface area contributed by atoms with Crippen molar-refractivity contribution in [1.29, 1.82) is 0 Å². The summed E-state index contributed by atoms with van der Waals surface area (Å²) in [5.74, 6) is 0.599. The predicted molar refractivity (Wildman–Crippen MR) is 117 cm³/mol. The number of hydrogen-bond donors (Lipinski definition) is 0. The molecule has 5 nitrogen and oxygen atoms in total. The number of amides is 1. The van der Waals surface area contributed by atoms with Crippen LogP contribution in [0.2, 0.25) is 5.02 Å². The van der Waals surface area contributed by atoms with E-state index in [-0.39, 0.29) is 28.2 Å². The van der Waals surface area contributed by atoms with Gasteiger partial charge in [-0.1, -0.05) is 11.6 Å². The molecule has 0 radical (unpaired) electrons. The number of rotatable bonds is 4. The summed E-state index contributed by atoms with van der Waals surface area (Å²) in [4.78, 5) is 27.0. The highest BCUT2D eigenvalue weighted by atomic mass is 35.5. The van der Waals surface area contributed by atoms with Crippen LogP contribution >= 0.6 is 11.6 Å². The van der Waals surface area contributed by atoms with Gasteiger partial charge >= 0.3 is 6.18 Å². The highest BCUT2D eigenvalue weighted by Gasteiger charge is 2.31. The van der Waals surface area contributed by atoms with Gasteiger partial charge in [0.15, 0.2) is 17.3 Å². The van der Waals surface area contributed by atoms with Crippen molar-refractivity contribution in [2.75, 3.05) is 26.3 Å². The first-order chi connectivity index (χ1) is 15.7. The van der Waals surface area contributed by atoms with Crippen molar-refractivity contribution < 1.29 is 32.2 Å². The lowest BCUT2D eigenvalue weighted by Gasteiger charge is -2.30. The summed E-state index contributed by atoms with van der Waals surface area (Å²) < 4.78 is 49.8. The van der Waals surface area contributed by atoms with E-state index >= 15 is 0 Å². The number of piperidine rings is 1. The Bertz CT molecular complexity index is 1090. The number of alkyl halides is 3. The van der Waals surface area contributed by atoms with Gasteiger partial charge in [0, 0.05) is 35.7 Å². The van der Waals surface area contributed by atoms with E-state index in [1.165, 1.54) is 12.2 Å². The second-order valence-electron chi connectivity index (χ2n) is 7.89.